The summed E-state index contributed by atoms with van der Waals surface area (Å²) in [7, 11) is 0. The molecule has 1 heterocycles. The van der Waals surface area contributed by atoms with Crippen molar-refractivity contribution in [1.82, 2.24) is 19.6 Å². The molecule has 1 saturated heterocycles. The second-order valence-corrected chi connectivity index (χ2v) is 11.9. The van der Waals surface area contributed by atoms with Crippen molar-refractivity contribution in [3.05, 3.63) is 0 Å². The Kier molecular flexibility index (Phi) is 11.4. The second-order valence-electron chi connectivity index (χ2n) is 11.9. The first-order valence-electron chi connectivity index (χ1n) is 12.5. The molecule has 0 N–H and O–H groups in total. The van der Waals surface area contributed by atoms with Gasteiger partial charge in [-0.3, -0.25) is 4.90 Å². The zero-order chi connectivity index (χ0) is 27.7. The third-order valence-electron chi connectivity index (χ3n) is 4.92. The van der Waals surface area contributed by atoms with E-state index in [9.17, 15) is 14.4 Å². The summed E-state index contributed by atoms with van der Waals surface area (Å²) in [6.07, 6.45) is 4.14. The van der Waals surface area contributed by atoms with Crippen LogP contribution in [-0.2, 0) is 14.2 Å². The van der Waals surface area contributed by atoms with Gasteiger partial charge in [0.15, 0.2) is 0 Å². The van der Waals surface area contributed by atoms with Gasteiger partial charge >= 0.3 is 18.3 Å². The number of hydrogen-bond acceptors (Lipinski definition) is 7. The Bertz CT molecular complexity index is 744. The average molecular weight is 511 g/mol. The van der Waals surface area contributed by atoms with Crippen LogP contribution < -0.4 is 0 Å². The van der Waals surface area contributed by atoms with Crippen LogP contribution in [0, 0.1) is 12.3 Å². The summed E-state index contributed by atoms with van der Waals surface area (Å²) in [5, 5.41) is 0. The van der Waals surface area contributed by atoms with Gasteiger partial charge in [-0.1, -0.05) is 5.92 Å². The van der Waals surface area contributed by atoms with Crippen LogP contribution in [0.3, 0.4) is 0 Å². The van der Waals surface area contributed by atoms with Gasteiger partial charge in [-0.05, 0) is 62.3 Å². The molecule has 0 atom stereocenters. The highest BCUT2D eigenvalue weighted by molar-refractivity contribution is 5.70. The molecule has 36 heavy (non-hydrogen) atoms. The van der Waals surface area contributed by atoms with E-state index in [2.05, 4.69) is 5.92 Å². The maximum absolute atomic E-state index is 13.0. The van der Waals surface area contributed by atoms with Crippen molar-refractivity contribution in [1.29, 1.82) is 0 Å². The number of rotatable bonds is 1. The van der Waals surface area contributed by atoms with Gasteiger partial charge in [0, 0.05) is 52.4 Å². The number of amides is 3. The lowest BCUT2D eigenvalue weighted by atomic mass is 10.2. The van der Waals surface area contributed by atoms with Crippen molar-refractivity contribution in [2.24, 2.45) is 0 Å². The number of carbonyl (C=O) groups is 3. The minimum Gasteiger partial charge on any atom is -0.444 e. The molecule has 0 spiro atoms. The van der Waals surface area contributed by atoms with Gasteiger partial charge in [0.25, 0.3) is 0 Å². The van der Waals surface area contributed by atoms with Crippen molar-refractivity contribution in [3.8, 4) is 12.3 Å². The first-order valence-corrected chi connectivity index (χ1v) is 12.5. The largest absolute Gasteiger partial charge is 0.444 e. The summed E-state index contributed by atoms with van der Waals surface area (Å²) in [6, 6.07) is 0. The van der Waals surface area contributed by atoms with Crippen LogP contribution in [0.15, 0.2) is 0 Å². The molecule has 1 aliphatic heterocycles. The van der Waals surface area contributed by atoms with Crippen LogP contribution in [0.2, 0.25) is 0 Å². The van der Waals surface area contributed by atoms with Gasteiger partial charge in [-0.2, -0.15) is 0 Å². The van der Waals surface area contributed by atoms with Crippen molar-refractivity contribution < 1.29 is 28.6 Å². The maximum atomic E-state index is 13.0. The summed E-state index contributed by atoms with van der Waals surface area (Å²) in [5.41, 5.74) is -2.00. The van der Waals surface area contributed by atoms with E-state index in [-0.39, 0.29) is 26.2 Å². The van der Waals surface area contributed by atoms with E-state index in [4.69, 9.17) is 20.6 Å². The van der Waals surface area contributed by atoms with E-state index < -0.39 is 35.1 Å². The van der Waals surface area contributed by atoms with E-state index in [0.717, 1.165) is 0 Å². The molecule has 0 bridgehead atoms. The first kappa shape index (κ1) is 31.4. The molecule has 1 rings (SSSR count). The number of carbonyl (C=O) groups excluding carboxylic acids is 3. The molecule has 0 radical (unpaired) electrons. The maximum Gasteiger partial charge on any atom is 0.410 e. The van der Waals surface area contributed by atoms with Crippen molar-refractivity contribution in [3.63, 3.8) is 0 Å². The van der Waals surface area contributed by atoms with Gasteiger partial charge in [-0.15, -0.1) is 6.42 Å². The van der Waals surface area contributed by atoms with Gasteiger partial charge in [0.2, 0.25) is 0 Å². The average Bonchev–Trinajstić information content (AvgIpc) is 2.66. The molecular weight excluding hydrogens is 464 g/mol. The monoisotopic (exact) mass is 510 g/mol. The minimum absolute atomic E-state index is 0.214. The normalized spacial score (nSPS) is 17.4. The Morgan fingerprint density at radius 1 is 0.583 bits per heavy atom. The molecule has 1 fully saturated rings. The van der Waals surface area contributed by atoms with Crippen molar-refractivity contribution in [2.75, 3.05) is 58.9 Å². The van der Waals surface area contributed by atoms with Gasteiger partial charge in [0.1, 0.15) is 16.8 Å². The third-order valence-corrected chi connectivity index (χ3v) is 4.92. The molecule has 10 nitrogen and oxygen atoms in total. The number of nitrogens with zero attached hydrogens (tertiary/aromatic N) is 4. The SMILES string of the molecule is C#CCN1CCN(C(=O)OC(C)(C)C)CCN(C(=O)OC(C)(C)C)CCN(C(=O)OC(C)(C)C)CC1. The number of terminal acetylenes is 1. The molecule has 0 aromatic rings. The lowest BCUT2D eigenvalue weighted by Gasteiger charge is -2.35. The second kappa shape index (κ2) is 13.0. The fourth-order valence-electron chi connectivity index (χ4n) is 3.27. The lowest BCUT2D eigenvalue weighted by Crippen LogP contribution is -2.51. The predicted octanol–water partition coefficient (Wildman–Crippen LogP) is 3.65. The van der Waals surface area contributed by atoms with Crippen LogP contribution in [0.4, 0.5) is 14.4 Å². The van der Waals surface area contributed by atoms with Gasteiger partial charge < -0.3 is 28.9 Å². The lowest BCUT2D eigenvalue weighted by molar-refractivity contribution is 0.00506. The summed E-state index contributed by atoms with van der Waals surface area (Å²) >= 11 is 0. The highest BCUT2D eigenvalue weighted by atomic mass is 16.6. The Balaban J connectivity index is 3.20. The smallest absolute Gasteiger partial charge is 0.410 e. The van der Waals surface area contributed by atoms with Crippen LogP contribution in [0.1, 0.15) is 62.3 Å². The Morgan fingerprint density at radius 3 is 1.06 bits per heavy atom. The fourth-order valence-corrected chi connectivity index (χ4v) is 3.27. The summed E-state index contributed by atoms with van der Waals surface area (Å²) in [4.78, 5) is 45.5. The molecule has 10 heteroatoms. The molecule has 0 aromatic carbocycles. The van der Waals surface area contributed by atoms with Gasteiger partial charge in [0.05, 0.1) is 6.54 Å². The molecule has 0 aromatic heterocycles. The Hall–Kier alpha value is -2.67. The molecule has 1 aliphatic rings. The Morgan fingerprint density at radius 2 is 0.833 bits per heavy atom. The summed E-state index contributed by atoms with van der Waals surface area (Å²) in [5.74, 6) is 2.65. The van der Waals surface area contributed by atoms with E-state index >= 15 is 0 Å². The molecule has 206 valence electrons. The topological polar surface area (TPSA) is 91.9 Å². The number of ether oxygens (including phenoxy) is 3. The fraction of sp³-hybridized carbons (Fsp3) is 0.808. The Labute approximate surface area is 217 Å². The molecule has 0 aliphatic carbocycles. The highest BCUT2D eigenvalue weighted by Crippen LogP contribution is 2.14. The minimum atomic E-state index is -0.688. The van der Waals surface area contributed by atoms with Crippen molar-refractivity contribution >= 4 is 18.3 Å². The van der Waals surface area contributed by atoms with Crippen LogP contribution in [-0.4, -0.2) is 114 Å². The van der Waals surface area contributed by atoms with E-state index in [1.54, 1.807) is 30.6 Å². The van der Waals surface area contributed by atoms with E-state index in [1.807, 2.05) is 46.4 Å². The zero-order valence-corrected chi connectivity index (χ0v) is 23.7. The third kappa shape index (κ3) is 12.9. The van der Waals surface area contributed by atoms with Crippen molar-refractivity contribution in [2.45, 2.75) is 79.1 Å². The zero-order valence-electron chi connectivity index (χ0n) is 23.7. The van der Waals surface area contributed by atoms with Gasteiger partial charge in [-0.25, -0.2) is 14.4 Å². The number of hydrogen-bond donors (Lipinski definition) is 0. The van der Waals surface area contributed by atoms with Crippen LogP contribution >= 0.6 is 0 Å². The predicted molar refractivity (Wildman–Crippen MR) is 139 cm³/mol. The summed E-state index contributed by atoms with van der Waals surface area (Å²) in [6.45, 7) is 19.2. The molecular formula is C26H46N4O6. The first-order chi connectivity index (χ1) is 16.4. The van der Waals surface area contributed by atoms with E-state index in [0.29, 0.717) is 32.7 Å². The standard InChI is InChI=1S/C26H46N4O6/c1-11-12-27-13-15-28(21(31)34-24(2,3)4)17-19-30(23(33)36-26(8,9)10)20-18-29(16-14-27)22(32)35-25(5,6)7/h1H,12-20H2,2-10H3. The van der Waals surface area contributed by atoms with E-state index in [1.165, 1.54) is 4.90 Å². The molecule has 0 unspecified atom stereocenters. The quantitative estimate of drug-likeness (QED) is 0.393. The summed E-state index contributed by atoms with van der Waals surface area (Å²) < 4.78 is 16.8. The molecule has 0 saturated carbocycles. The molecule has 3 amide bonds. The highest BCUT2D eigenvalue weighted by Gasteiger charge is 2.29. The van der Waals surface area contributed by atoms with Crippen LogP contribution in [0.25, 0.3) is 0 Å². The van der Waals surface area contributed by atoms with Crippen LogP contribution in [0.5, 0.6) is 0 Å².